The lowest BCUT2D eigenvalue weighted by Gasteiger charge is -2.14. The Labute approximate surface area is 174 Å². The summed E-state index contributed by atoms with van der Waals surface area (Å²) in [6.07, 6.45) is 1.56. The van der Waals surface area contributed by atoms with Crippen LogP contribution in [-0.4, -0.2) is 22.8 Å². The normalized spacial score (nSPS) is 11.3. The van der Waals surface area contributed by atoms with Crippen molar-refractivity contribution in [2.75, 3.05) is 12.4 Å². The van der Waals surface area contributed by atoms with E-state index >= 15 is 0 Å². The molecule has 3 N–H and O–H groups in total. The van der Waals surface area contributed by atoms with Crippen LogP contribution in [0.15, 0.2) is 60.0 Å². The maximum absolute atomic E-state index is 14.0. The van der Waals surface area contributed by atoms with Crippen molar-refractivity contribution in [3.8, 4) is 17.0 Å². The van der Waals surface area contributed by atoms with E-state index in [-0.39, 0.29) is 12.4 Å². The fourth-order valence-electron chi connectivity index (χ4n) is 2.94. The summed E-state index contributed by atoms with van der Waals surface area (Å²) in [5.41, 5.74) is 4.27. The van der Waals surface area contributed by atoms with E-state index in [1.807, 2.05) is 44.2 Å². The van der Waals surface area contributed by atoms with Crippen LogP contribution in [0.25, 0.3) is 11.3 Å². The Kier molecular flexibility index (Phi) is 6.36. The first-order chi connectivity index (χ1) is 14.4. The number of pyridine rings is 1. The SMILES string of the molecule is Cc1cc(-c2ncccc2F)ccc1COc1c(C)cccc1NC(=O)/[N+](C)=N\N. The largest absolute Gasteiger partial charge is 0.485 e. The quantitative estimate of drug-likeness (QED) is 0.280. The van der Waals surface area contributed by atoms with Crippen LogP contribution >= 0.6 is 0 Å². The number of aryl methyl sites for hydroxylation is 2. The number of ether oxygens (including phenoxy) is 1. The molecule has 2 amide bonds. The summed E-state index contributed by atoms with van der Waals surface area (Å²) in [5.74, 6) is 5.33. The van der Waals surface area contributed by atoms with Gasteiger partial charge in [-0.25, -0.2) is 20.3 Å². The number of halogens is 1. The molecule has 154 valence electrons. The number of anilines is 1. The van der Waals surface area contributed by atoms with Crippen LogP contribution < -0.4 is 15.9 Å². The van der Waals surface area contributed by atoms with Crippen molar-refractivity contribution in [1.29, 1.82) is 0 Å². The zero-order valence-corrected chi connectivity index (χ0v) is 17.0. The molecule has 2 aromatic carbocycles. The molecule has 8 heteroatoms. The predicted octanol–water partition coefficient (Wildman–Crippen LogP) is 4.58. The van der Waals surface area contributed by atoms with E-state index in [2.05, 4.69) is 15.5 Å². The Morgan fingerprint density at radius 1 is 1.20 bits per heavy atom. The first-order valence-corrected chi connectivity index (χ1v) is 9.29. The minimum absolute atomic E-state index is 0.279. The third-order valence-corrected chi connectivity index (χ3v) is 4.67. The maximum atomic E-state index is 14.0. The second-order valence-electron chi connectivity index (χ2n) is 6.78. The number of hydrogen-bond donors (Lipinski definition) is 2. The number of para-hydroxylation sites is 1. The van der Waals surface area contributed by atoms with Crippen LogP contribution in [0, 0.1) is 19.7 Å². The first kappa shape index (κ1) is 20.9. The summed E-state index contributed by atoms with van der Waals surface area (Å²) in [6, 6.07) is 13.5. The molecule has 0 fully saturated rings. The molecular weight excluding hydrogens is 385 g/mol. The van der Waals surface area contributed by atoms with Gasteiger partial charge in [-0.05, 0) is 54.8 Å². The van der Waals surface area contributed by atoms with E-state index in [1.54, 1.807) is 18.3 Å². The average Bonchev–Trinajstić information content (AvgIpc) is 2.74. The topological polar surface area (TPSA) is 92.6 Å². The van der Waals surface area contributed by atoms with Crippen LogP contribution in [0.4, 0.5) is 14.9 Å². The Morgan fingerprint density at radius 3 is 2.70 bits per heavy atom. The van der Waals surface area contributed by atoms with Gasteiger partial charge in [0, 0.05) is 17.0 Å². The highest BCUT2D eigenvalue weighted by Crippen LogP contribution is 2.30. The van der Waals surface area contributed by atoms with Crippen molar-refractivity contribution in [1.82, 2.24) is 4.98 Å². The molecule has 0 bridgehead atoms. The summed E-state index contributed by atoms with van der Waals surface area (Å²) in [7, 11) is 1.45. The average molecular weight is 408 g/mol. The lowest BCUT2D eigenvalue weighted by molar-refractivity contribution is -0.466. The van der Waals surface area contributed by atoms with Gasteiger partial charge in [-0.1, -0.05) is 24.3 Å². The molecule has 0 saturated heterocycles. The van der Waals surface area contributed by atoms with E-state index in [4.69, 9.17) is 10.6 Å². The molecule has 0 aliphatic heterocycles. The lowest BCUT2D eigenvalue weighted by atomic mass is 10.0. The Balaban J connectivity index is 1.81. The van der Waals surface area contributed by atoms with Gasteiger partial charge >= 0.3 is 6.03 Å². The van der Waals surface area contributed by atoms with E-state index in [0.29, 0.717) is 22.7 Å². The number of urea groups is 1. The molecule has 1 aromatic heterocycles. The minimum Gasteiger partial charge on any atom is -0.485 e. The van der Waals surface area contributed by atoms with Gasteiger partial charge in [-0.3, -0.25) is 4.98 Å². The molecule has 0 saturated carbocycles. The molecule has 3 rings (SSSR count). The monoisotopic (exact) mass is 408 g/mol. The number of hydrogen-bond acceptors (Lipinski definition) is 4. The van der Waals surface area contributed by atoms with Gasteiger partial charge in [0.25, 0.3) is 0 Å². The Hall–Kier alpha value is -3.81. The maximum Gasteiger partial charge on any atom is 0.459 e. The zero-order chi connectivity index (χ0) is 21.7. The number of benzene rings is 2. The number of carbonyl (C=O) groups excluding carboxylic acids is 1. The number of nitrogens with zero attached hydrogens (tertiary/aromatic N) is 3. The molecule has 0 aliphatic carbocycles. The van der Waals surface area contributed by atoms with Gasteiger partial charge < -0.3 is 4.74 Å². The molecule has 0 atom stereocenters. The second kappa shape index (κ2) is 9.13. The van der Waals surface area contributed by atoms with Crippen molar-refractivity contribution in [2.24, 2.45) is 11.1 Å². The van der Waals surface area contributed by atoms with Crippen molar-refractivity contribution in [3.63, 3.8) is 0 Å². The number of rotatable bonds is 5. The summed E-state index contributed by atoms with van der Waals surface area (Å²) < 4.78 is 21.0. The van der Waals surface area contributed by atoms with E-state index in [1.165, 1.54) is 13.1 Å². The fourth-order valence-corrected chi connectivity index (χ4v) is 2.94. The number of nitrogens with one attached hydrogen (secondary N) is 1. The summed E-state index contributed by atoms with van der Waals surface area (Å²) in [4.78, 5) is 16.2. The first-order valence-electron chi connectivity index (χ1n) is 9.29. The summed E-state index contributed by atoms with van der Waals surface area (Å²) >= 11 is 0. The molecule has 1 heterocycles. The van der Waals surface area contributed by atoms with Gasteiger partial charge in [0.05, 0.1) is 7.05 Å². The van der Waals surface area contributed by atoms with E-state index in [0.717, 1.165) is 21.4 Å². The number of carbonyl (C=O) groups is 1. The van der Waals surface area contributed by atoms with E-state index in [9.17, 15) is 9.18 Å². The van der Waals surface area contributed by atoms with Gasteiger partial charge in [0.1, 0.15) is 23.8 Å². The standard InChI is InChI=1S/C22H22FN5O2/c1-14-6-4-8-19(26-22(29)28(3)27-24)21(14)30-13-17-10-9-16(12-15(17)2)20-18(23)7-5-11-25-20/h4-12,24H,13H2,1-3H3,(H,26,29)/p+1. The molecular formula is C22H23FN5O2+. The minimum atomic E-state index is -0.481. The predicted molar refractivity (Wildman–Crippen MR) is 112 cm³/mol. The van der Waals surface area contributed by atoms with Gasteiger partial charge in [-0.2, -0.15) is 0 Å². The van der Waals surface area contributed by atoms with Crippen molar-refractivity contribution >= 4 is 11.7 Å². The van der Waals surface area contributed by atoms with Crippen LogP contribution in [0.3, 0.4) is 0 Å². The molecule has 30 heavy (non-hydrogen) atoms. The van der Waals surface area contributed by atoms with Crippen LogP contribution in [0.5, 0.6) is 5.75 Å². The van der Waals surface area contributed by atoms with Crippen LogP contribution in [-0.2, 0) is 6.61 Å². The van der Waals surface area contributed by atoms with Crippen molar-refractivity contribution in [2.45, 2.75) is 20.5 Å². The molecule has 0 spiro atoms. The smallest absolute Gasteiger partial charge is 0.459 e. The van der Waals surface area contributed by atoms with E-state index < -0.39 is 6.03 Å². The van der Waals surface area contributed by atoms with Crippen LogP contribution in [0.2, 0.25) is 0 Å². The highest BCUT2D eigenvalue weighted by Gasteiger charge is 2.17. The summed E-state index contributed by atoms with van der Waals surface area (Å²) in [6.45, 7) is 4.10. The number of nitrogens with two attached hydrogens (primary N) is 1. The van der Waals surface area contributed by atoms with Crippen molar-refractivity contribution in [3.05, 3.63) is 77.2 Å². The third kappa shape index (κ3) is 4.60. The molecule has 3 aromatic rings. The Morgan fingerprint density at radius 2 is 2.00 bits per heavy atom. The third-order valence-electron chi connectivity index (χ3n) is 4.67. The molecule has 0 aliphatic rings. The molecule has 0 unspecified atom stereocenters. The number of aromatic nitrogens is 1. The zero-order valence-electron chi connectivity index (χ0n) is 17.0. The fraction of sp³-hybridized carbons (Fsp3) is 0.182. The van der Waals surface area contributed by atoms with Gasteiger partial charge in [-0.15, -0.1) is 4.70 Å². The van der Waals surface area contributed by atoms with Gasteiger partial charge in [0.15, 0.2) is 5.75 Å². The highest BCUT2D eigenvalue weighted by molar-refractivity contribution is 5.85. The molecule has 7 nitrogen and oxygen atoms in total. The van der Waals surface area contributed by atoms with Crippen molar-refractivity contribution < 1.29 is 18.6 Å². The Bertz CT molecular complexity index is 1110. The highest BCUT2D eigenvalue weighted by atomic mass is 19.1. The molecule has 0 radical (unpaired) electrons. The lowest BCUT2D eigenvalue weighted by Crippen LogP contribution is -2.23. The number of amides is 2. The van der Waals surface area contributed by atoms with Crippen LogP contribution in [0.1, 0.15) is 16.7 Å². The summed E-state index contributed by atoms with van der Waals surface area (Å²) in [5, 5.41) is 6.06. The second-order valence-corrected chi connectivity index (χ2v) is 6.78. The van der Waals surface area contributed by atoms with Gasteiger partial charge in [0.2, 0.25) is 0 Å².